The molecule has 0 radical (unpaired) electrons. The summed E-state index contributed by atoms with van der Waals surface area (Å²) in [6, 6.07) is 9.22. The minimum Gasteiger partial charge on any atom is -0.348 e. The molecule has 1 aromatic rings. The fourth-order valence-electron chi connectivity index (χ4n) is 4.78. The molecule has 2 atom stereocenters. The number of alkyl halides is 3. The molecule has 0 amide bonds. The van der Waals surface area contributed by atoms with E-state index in [4.69, 9.17) is 4.74 Å². The van der Waals surface area contributed by atoms with Crippen molar-refractivity contribution in [1.82, 2.24) is 4.90 Å². The van der Waals surface area contributed by atoms with Gasteiger partial charge in [0, 0.05) is 19.5 Å². The number of halogens is 3. The number of hydrogen-bond donors (Lipinski definition) is 0. The minimum atomic E-state index is -4.41. The molecule has 1 aliphatic rings. The summed E-state index contributed by atoms with van der Waals surface area (Å²) >= 11 is 0. The molecule has 1 aromatic carbocycles. The van der Waals surface area contributed by atoms with E-state index in [9.17, 15) is 13.2 Å². The van der Waals surface area contributed by atoms with Crippen LogP contribution in [0.3, 0.4) is 0 Å². The number of ether oxygens (including phenoxy) is 1. The van der Waals surface area contributed by atoms with Crippen LogP contribution < -0.4 is 0 Å². The van der Waals surface area contributed by atoms with Crippen molar-refractivity contribution < 1.29 is 17.9 Å². The third-order valence-corrected chi connectivity index (χ3v) is 12.4. The molecule has 0 saturated carbocycles. The standard InChI is InChI=1S/C23H34F3NOSi/c1-17(2)29(18(3)4,19(5)6)14-10-13-21-16-27(22(28-21)23(24,25)26)15-20-11-8-7-9-12-20/h7-9,11-12,17-19,21-22H,13,15-16H2,1-6H3. The van der Waals surface area contributed by atoms with Gasteiger partial charge in [0.15, 0.2) is 0 Å². The number of rotatable bonds is 6. The molecular weight excluding hydrogens is 391 g/mol. The first kappa shape index (κ1) is 24.0. The molecule has 29 heavy (non-hydrogen) atoms. The van der Waals surface area contributed by atoms with E-state index in [0.717, 1.165) is 5.56 Å². The molecule has 6 heteroatoms. The fraction of sp³-hybridized carbons (Fsp3) is 0.652. The van der Waals surface area contributed by atoms with Crippen LogP contribution in [-0.2, 0) is 11.3 Å². The first-order valence-electron chi connectivity index (χ1n) is 10.5. The Morgan fingerprint density at radius 2 is 1.59 bits per heavy atom. The van der Waals surface area contributed by atoms with E-state index in [1.54, 1.807) is 0 Å². The summed E-state index contributed by atoms with van der Waals surface area (Å²) in [7, 11) is -1.88. The van der Waals surface area contributed by atoms with Crippen LogP contribution in [0.1, 0.15) is 53.5 Å². The molecule has 0 bridgehead atoms. The van der Waals surface area contributed by atoms with Gasteiger partial charge in [-0.1, -0.05) is 71.9 Å². The van der Waals surface area contributed by atoms with Crippen LogP contribution in [0.5, 0.6) is 0 Å². The third kappa shape index (κ3) is 5.65. The predicted octanol–water partition coefficient (Wildman–Crippen LogP) is 6.39. The Morgan fingerprint density at radius 3 is 2.07 bits per heavy atom. The molecule has 162 valence electrons. The summed E-state index contributed by atoms with van der Waals surface area (Å²) in [5.41, 5.74) is 5.93. The van der Waals surface area contributed by atoms with Crippen LogP contribution in [0.25, 0.3) is 0 Å². The molecule has 2 rings (SSSR count). The maximum absolute atomic E-state index is 13.5. The van der Waals surface area contributed by atoms with Gasteiger partial charge in [0.25, 0.3) is 0 Å². The van der Waals surface area contributed by atoms with Gasteiger partial charge in [-0.25, -0.2) is 0 Å². The lowest BCUT2D eigenvalue weighted by Gasteiger charge is -2.38. The van der Waals surface area contributed by atoms with Gasteiger partial charge in [-0.05, 0) is 22.2 Å². The van der Waals surface area contributed by atoms with Crippen LogP contribution in [0, 0.1) is 11.5 Å². The first-order valence-corrected chi connectivity index (χ1v) is 12.7. The Morgan fingerprint density at radius 1 is 1.03 bits per heavy atom. The Bertz CT molecular complexity index is 685. The zero-order valence-corrected chi connectivity index (χ0v) is 19.4. The molecule has 1 fully saturated rings. The summed E-state index contributed by atoms with van der Waals surface area (Å²) in [6.07, 6.45) is -6.45. The van der Waals surface area contributed by atoms with Crippen molar-refractivity contribution >= 4 is 8.07 Å². The zero-order chi connectivity index (χ0) is 21.8. The summed E-state index contributed by atoms with van der Waals surface area (Å²) < 4.78 is 46.0. The van der Waals surface area contributed by atoms with Crippen LogP contribution >= 0.6 is 0 Å². The van der Waals surface area contributed by atoms with E-state index in [0.29, 0.717) is 23.0 Å². The maximum atomic E-state index is 13.5. The van der Waals surface area contributed by atoms with Crippen LogP contribution in [0.4, 0.5) is 13.2 Å². The molecular formula is C23H34F3NOSi. The molecule has 0 aromatic heterocycles. The summed E-state index contributed by atoms with van der Waals surface area (Å²) in [5, 5.41) is 0. The highest BCUT2D eigenvalue weighted by Crippen LogP contribution is 2.41. The Labute approximate surface area is 174 Å². The molecule has 1 heterocycles. The molecule has 0 spiro atoms. The second-order valence-corrected chi connectivity index (χ2v) is 14.6. The van der Waals surface area contributed by atoms with E-state index in [-0.39, 0.29) is 13.1 Å². The zero-order valence-electron chi connectivity index (χ0n) is 18.4. The highest BCUT2D eigenvalue weighted by atomic mass is 28.3. The van der Waals surface area contributed by atoms with E-state index in [1.807, 2.05) is 30.3 Å². The molecule has 2 unspecified atom stereocenters. The Kier molecular flexibility index (Phi) is 8.00. The SMILES string of the molecule is CC(C)[Si](C#CCC1CN(Cc2ccccc2)C(C(F)(F)F)O1)(C(C)C)C(C)C. The van der Waals surface area contributed by atoms with E-state index in [2.05, 4.69) is 53.0 Å². The van der Waals surface area contributed by atoms with Gasteiger partial charge in [0.05, 0.1) is 6.10 Å². The normalized spacial score (nSPS) is 21.1. The maximum Gasteiger partial charge on any atom is 0.428 e. The molecule has 1 aliphatic heterocycles. The lowest BCUT2D eigenvalue weighted by Crippen LogP contribution is -2.43. The van der Waals surface area contributed by atoms with Crippen LogP contribution in [0.15, 0.2) is 30.3 Å². The minimum absolute atomic E-state index is 0.220. The molecule has 1 saturated heterocycles. The van der Waals surface area contributed by atoms with Crippen molar-refractivity contribution in [2.24, 2.45) is 0 Å². The predicted molar refractivity (Wildman–Crippen MR) is 115 cm³/mol. The third-order valence-electron chi connectivity index (χ3n) is 6.10. The van der Waals surface area contributed by atoms with E-state index >= 15 is 0 Å². The number of hydrogen-bond acceptors (Lipinski definition) is 2. The summed E-state index contributed by atoms with van der Waals surface area (Å²) in [4.78, 5) is 1.37. The molecule has 0 aliphatic carbocycles. The van der Waals surface area contributed by atoms with Gasteiger partial charge < -0.3 is 4.74 Å². The van der Waals surface area contributed by atoms with Gasteiger partial charge in [0.2, 0.25) is 6.23 Å². The van der Waals surface area contributed by atoms with Gasteiger partial charge >= 0.3 is 6.18 Å². The average Bonchev–Trinajstić information content (AvgIpc) is 3.01. The Hall–Kier alpha value is -1.29. The van der Waals surface area contributed by atoms with Gasteiger partial charge in [-0.2, -0.15) is 13.2 Å². The number of benzene rings is 1. The number of nitrogens with zero attached hydrogens (tertiary/aromatic N) is 1. The van der Waals surface area contributed by atoms with E-state index < -0.39 is 26.6 Å². The average molecular weight is 426 g/mol. The van der Waals surface area contributed by atoms with Gasteiger partial charge in [-0.3, -0.25) is 4.90 Å². The van der Waals surface area contributed by atoms with Crippen molar-refractivity contribution in [1.29, 1.82) is 0 Å². The topological polar surface area (TPSA) is 12.5 Å². The lowest BCUT2D eigenvalue weighted by molar-refractivity contribution is -0.246. The van der Waals surface area contributed by atoms with Crippen molar-refractivity contribution in [3.05, 3.63) is 35.9 Å². The highest BCUT2D eigenvalue weighted by Gasteiger charge is 2.50. The Balaban J connectivity index is 2.15. The molecule has 0 N–H and O–H groups in total. The smallest absolute Gasteiger partial charge is 0.348 e. The first-order chi connectivity index (χ1) is 13.5. The van der Waals surface area contributed by atoms with Gasteiger partial charge in [0.1, 0.15) is 8.07 Å². The second-order valence-electron chi connectivity index (χ2n) is 8.97. The second kappa shape index (κ2) is 9.68. The van der Waals surface area contributed by atoms with Crippen LogP contribution in [-0.4, -0.2) is 38.0 Å². The monoisotopic (exact) mass is 425 g/mol. The van der Waals surface area contributed by atoms with E-state index in [1.165, 1.54) is 4.90 Å². The van der Waals surface area contributed by atoms with Crippen molar-refractivity contribution in [3.8, 4) is 11.5 Å². The highest BCUT2D eigenvalue weighted by molar-refractivity contribution is 6.90. The lowest BCUT2D eigenvalue weighted by atomic mass is 10.2. The summed E-state index contributed by atoms with van der Waals surface area (Å²) in [5.74, 6) is 3.26. The van der Waals surface area contributed by atoms with Crippen molar-refractivity contribution in [2.45, 2.75) is 89.6 Å². The van der Waals surface area contributed by atoms with Crippen molar-refractivity contribution in [2.75, 3.05) is 6.54 Å². The fourth-order valence-corrected chi connectivity index (χ4v) is 10.1. The largest absolute Gasteiger partial charge is 0.428 e. The van der Waals surface area contributed by atoms with Crippen LogP contribution in [0.2, 0.25) is 16.6 Å². The van der Waals surface area contributed by atoms with Gasteiger partial charge in [-0.15, -0.1) is 11.5 Å². The van der Waals surface area contributed by atoms with Crippen molar-refractivity contribution in [3.63, 3.8) is 0 Å². The summed E-state index contributed by atoms with van der Waals surface area (Å²) in [6.45, 7) is 13.8. The quantitative estimate of drug-likeness (QED) is 0.387. The molecule has 2 nitrogen and oxygen atoms in total.